The van der Waals surface area contributed by atoms with Crippen molar-refractivity contribution >= 4 is 5.69 Å². The van der Waals surface area contributed by atoms with Gasteiger partial charge in [0.05, 0.1) is 23.1 Å². The zero-order valence-electron chi connectivity index (χ0n) is 10.5. The predicted octanol–water partition coefficient (Wildman–Crippen LogP) is 2.16. The molecule has 1 unspecified atom stereocenters. The third kappa shape index (κ3) is 2.33. The molecule has 96 valence electrons. The van der Waals surface area contributed by atoms with E-state index < -0.39 is 0 Å². The molecule has 19 heavy (non-hydrogen) atoms. The van der Waals surface area contributed by atoms with Crippen LogP contribution in [0.3, 0.4) is 0 Å². The van der Waals surface area contributed by atoms with Gasteiger partial charge >= 0.3 is 0 Å². The average Bonchev–Trinajstić information content (AvgIpc) is 3.13. The molecule has 0 radical (unpaired) electrons. The Balaban J connectivity index is 1.89. The van der Waals surface area contributed by atoms with E-state index in [0.717, 1.165) is 17.1 Å². The molecule has 2 N–H and O–H groups in total. The molecule has 0 aliphatic rings. The minimum absolute atomic E-state index is 0.132. The van der Waals surface area contributed by atoms with Gasteiger partial charge in [-0.25, -0.2) is 9.67 Å². The first-order valence-electron chi connectivity index (χ1n) is 6.04. The van der Waals surface area contributed by atoms with Crippen LogP contribution in [-0.4, -0.2) is 25.0 Å². The second-order valence-corrected chi connectivity index (χ2v) is 4.24. The maximum absolute atomic E-state index is 4.16. The first-order valence-corrected chi connectivity index (χ1v) is 6.04. The highest BCUT2D eigenvalue weighted by molar-refractivity contribution is 5.61. The fourth-order valence-corrected chi connectivity index (χ4v) is 1.95. The van der Waals surface area contributed by atoms with Gasteiger partial charge in [-0.2, -0.15) is 10.2 Å². The molecule has 0 saturated heterocycles. The Morgan fingerprint density at radius 2 is 2.16 bits per heavy atom. The smallest absolute Gasteiger partial charge is 0.138 e. The van der Waals surface area contributed by atoms with E-state index in [1.54, 1.807) is 17.2 Å². The number of aromatic nitrogens is 5. The Bertz CT molecular complexity index is 629. The standard InChI is InChI=1S/C13H14N6/c1-10(11-6-7-15-18-11)17-12-4-2-3-5-13(12)19-9-14-8-16-19/h2-10,17H,1H3,(H,15,18). The normalized spacial score (nSPS) is 12.3. The minimum atomic E-state index is 0.132. The van der Waals surface area contributed by atoms with E-state index in [1.165, 1.54) is 6.33 Å². The first kappa shape index (κ1) is 11.5. The molecule has 3 aromatic rings. The molecule has 6 nitrogen and oxygen atoms in total. The van der Waals surface area contributed by atoms with Crippen molar-refractivity contribution < 1.29 is 0 Å². The van der Waals surface area contributed by atoms with Gasteiger partial charge in [-0.05, 0) is 25.1 Å². The van der Waals surface area contributed by atoms with Gasteiger partial charge in [-0.15, -0.1) is 0 Å². The van der Waals surface area contributed by atoms with Crippen molar-refractivity contribution in [2.24, 2.45) is 0 Å². The van der Waals surface area contributed by atoms with Gasteiger partial charge in [-0.3, -0.25) is 5.10 Å². The fourth-order valence-electron chi connectivity index (χ4n) is 1.95. The van der Waals surface area contributed by atoms with Crippen molar-refractivity contribution in [3.8, 4) is 5.69 Å². The Morgan fingerprint density at radius 3 is 2.89 bits per heavy atom. The summed E-state index contributed by atoms with van der Waals surface area (Å²) in [5, 5.41) is 14.5. The molecule has 2 heterocycles. The van der Waals surface area contributed by atoms with Crippen molar-refractivity contribution in [3.63, 3.8) is 0 Å². The summed E-state index contributed by atoms with van der Waals surface area (Å²) in [6.45, 7) is 2.08. The van der Waals surface area contributed by atoms with Crippen LogP contribution >= 0.6 is 0 Å². The summed E-state index contributed by atoms with van der Waals surface area (Å²) in [6, 6.07) is 10.1. The number of para-hydroxylation sites is 2. The van der Waals surface area contributed by atoms with Crippen LogP contribution in [0.2, 0.25) is 0 Å². The molecule has 6 heteroatoms. The maximum atomic E-state index is 4.16. The van der Waals surface area contributed by atoms with Crippen molar-refractivity contribution in [1.29, 1.82) is 0 Å². The average molecular weight is 254 g/mol. The van der Waals surface area contributed by atoms with Gasteiger partial charge in [0.25, 0.3) is 0 Å². The SMILES string of the molecule is CC(Nc1ccccc1-n1cncn1)c1ccn[nH]1. The highest BCUT2D eigenvalue weighted by Gasteiger charge is 2.10. The lowest BCUT2D eigenvalue weighted by atomic mass is 10.2. The molecule has 0 bridgehead atoms. The number of H-pyrrole nitrogens is 1. The van der Waals surface area contributed by atoms with Gasteiger partial charge in [0, 0.05) is 6.20 Å². The summed E-state index contributed by atoms with van der Waals surface area (Å²) in [5.41, 5.74) is 3.00. The van der Waals surface area contributed by atoms with E-state index in [4.69, 9.17) is 0 Å². The van der Waals surface area contributed by atoms with Crippen molar-refractivity contribution in [3.05, 3.63) is 54.9 Å². The zero-order chi connectivity index (χ0) is 13.1. The molecular weight excluding hydrogens is 240 g/mol. The monoisotopic (exact) mass is 254 g/mol. The maximum Gasteiger partial charge on any atom is 0.138 e. The van der Waals surface area contributed by atoms with E-state index in [1.807, 2.05) is 30.3 Å². The lowest BCUT2D eigenvalue weighted by Gasteiger charge is -2.16. The largest absolute Gasteiger partial charge is 0.375 e. The van der Waals surface area contributed by atoms with Crippen LogP contribution in [0.1, 0.15) is 18.7 Å². The number of rotatable bonds is 4. The van der Waals surface area contributed by atoms with Crippen LogP contribution in [0.15, 0.2) is 49.2 Å². The van der Waals surface area contributed by atoms with Gasteiger partial charge in [-0.1, -0.05) is 12.1 Å². The van der Waals surface area contributed by atoms with E-state index in [2.05, 4.69) is 32.5 Å². The van der Waals surface area contributed by atoms with Crippen LogP contribution in [0, 0.1) is 0 Å². The number of benzene rings is 1. The highest BCUT2D eigenvalue weighted by Crippen LogP contribution is 2.23. The van der Waals surface area contributed by atoms with Crippen LogP contribution in [0.4, 0.5) is 5.69 Å². The summed E-state index contributed by atoms with van der Waals surface area (Å²) in [6.07, 6.45) is 4.95. The lowest BCUT2D eigenvalue weighted by Crippen LogP contribution is -2.10. The number of hydrogen-bond acceptors (Lipinski definition) is 4. The molecule has 0 fully saturated rings. The van der Waals surface area contributed by atoms with E-state index in [-0.39, 0.29) is 6.04 Å². The molecule has 1 atom stereocenters. The molecule has 0 aliphatic carbocycles. The molecule has 2 aromatic heterocycles. The third-order valence-corrected chi connectivity index (χ3v) is 2.93. The molecular formula is C13H14N6. The third-order valence-electron chi connectivity index (χ3n) is 2.93. The number of aromatic amines is 1. The predicted molar refractivity (Wildman–Crippen MR) is 72.0 cm³/mol. The topological polar surface area (TPSA) is 71.4 Å². The molecule has 0 amide bonds. The molecule has 3 rings (SSSR count). The second kappa shape index (κ2) is 4.93. The zero-order valence-corrected chi connectivity index (χ0v) is 10.5. The molecule has 0 saturated carbocycles. The first-order chi connectivity index (χ1) is 9.34. The Hall–Kier alpha value is -2.63. The summed E-state index contributed by atoms with van der Waals surface area (Å²) in [5.74, 6) is 0. The Labute approximate surface area is 110 Å². The second-order valence-electron chi connectivity index (χ2n) is 4.24. The van der Waals surface area contributed by atoms with Gasteiger partial charge in [0.15, 0.2) is 0 Å². The molecule has 0 spiro atoms. The Morgan fingerprint density at radius 1 is 1.26 bits per heavy atom. The summed E-state index contributed by atoms with van der Waals surface area (Å²) in [7, 11) is 0. The van der Waals surface area contributed by atoms with Crippen LogP contribution in [0.5, 0.6) is 0 Å². The number of anilines is 1. The minimum Gasteiger partial charge on any atom is -0.375 e. The quantitative estimate of drug-likeness (QED) is 0.748. The van der Waals surface area contributed by atoms with E-state index >= 15 is 0 Å². The van der Waals surface area contributed by atoms with Crippen molar-refractivity contribution in [1.82, 2.24) is 25.0 Å². The summed E-state index contributed by atoms with van der Waals surface area (Å²) < 4.78 is 1.74. The summed E-state index contributed by atoms with van der Waals surface area (Å²) >= 11 is 0. The van der Waals surface area contributed by atoms with Crippen LogP contribution in [-0.2, 0) is 0 Å². The van der Waals surface area contributed by atoms with Crippen LogP contribution < -0.4 is 5.32 Å². The lowest BCUT2D eigenvalue weighted by molar-refractivity contribution is 0.816. The van der Waals surface area contributed by atoms with Gasteiger partial charge in [0.2, 0.25) is 0 Å². The van der Waals surface area contributed by atoms with Crippen molar-refractivity contribution in [2.45, 2.75) is 13.0 Å². The Kier molecular flexibility index (Phi) is 2.97. The number of nitrogens with zero attached hydrogens (tertiary/aromatic N) is 4. The fraction of sp³-hybridized carbons (Fsp3) is 0.154. The van der Waals surface area contributed by atoms with Gasteiger partial charge < -0.3 is 5.32 Å². The van der Waals surface area contributed by atoms with Gasteiger partial charge in [0.1, 0.15) is 12.7 Å². The van der Waals surface area contributed by atoms with E-state index in [9.17, 15) is 0 Å². The highest BCUT2D eigenvalue weighted by atomic mass is 15.3. The number of nitrogens with one attached hydrogen (secondary N) is 2. The molecule has 1 aromatic carbocycles. The number of hydrogen-bond donors (Lipinski definition) is 2. The molecule has 0 aliphatic heterocycles. The van der Waals surface area contributed by atoms with E-state index in [0.29, 0.717) is 0 Å². The summed E-state index contributed by atoms with van der Waals surface area (Å²) in [4.78, 5) is 3.98. The van der Waals surface area contributed by atoms with Crippen LogP contribution in [0.25, 0.3) is 5.69 Å². The van der Waals surface area contributed by atoms with Crippen molar-refractivity contribution in [2.75, 3.05) is 5.32 Å².